The van der Waals surface area contributed by atoms with Crippen LogP contribution in [0.15, 0.2) is 61.2 Å². The molecule has 0 aliphatic heterocycles. The van der Waals surface area contributed by atoms with Gasteiger partial charge in [0.1, 0.15) is 5.69 Å². The van der Waals surface area contributed by atoms with Crippen molar-refractivity contribution in [1.29, 1.82) is 0 Å². The topological polar surface area (TPSA) is 65.0 Å². The van der Waals surface area contributed by atoms with Crippen molar-refractivity contribution in [3.63, 3.8) is 0 Å². The van der Waals surface area contributed by atoms with Crippen molar-refractivity contribution in [3.05, 3.63) is 66.9 Å². The van der Waals surface area contributed by atoms with Crippen LogP contribution in [0, 0.1) is 0 Å². The van der Waals surface area contributed by atoms with E-state index in [1.807, 2.05) is 30.3 Å². The number of nitrogens with zero attached hydrogens (tertiary/aromatic N) is 3. The van der Waals surface area contributed by atoms with Gasteiger partial charge in [-0.3, -0.25) is 9.97 Å². The number of hydrogen-bond donors (Lipinski definition) is 0. The summed E-state index contributed by atoms with van der Waals surface area (Å²) in [6, 6.07) is 11.1. The zero-order chi connectivity index (χ0) is 16.1. The fourth-order valence-corrected chi connectivity index (χ4v) is 2.27. The van der Waals surface area contributed by atoms with Gasteiger partial charge in [0, 0.05) is 35.9 Å². The lowest BCUT2D eigenvalue weighted by Gasteiger charge is -2.11. The Kier molecular flexibility index (Phi) is 4.38. The van der Waals surface area contributed by atoms with E-state index in [-0.39, 0.29) is 5.69 Å². The molecule has 3 aromatic heterocycles. The molecule has 0 N–H and O–H groups in total. The first kappa shape index (κ1) is 14.8. The Bertz CT molecular complexity index is 805. The molecule has 114 valence electrons. The summed E-state index contributed by atoms with van der Waals surface area (Å²) in [5.74, 6) is -0.427. The van der Waals surface area contributed by atoms with Crippen LogP contribution in [-0.4, -0.2) is 27.5 Å². The van der Waals surface area contributed by atoms with Crippen LogP contribution < -0.4 is 0 Å². The van der Waals surface area contributed by atoms with E-state index in [9.17, 15) is 4.79 Å². The molecule has 3 heterocycles. The van der Waals surface area contributed by atoms with Crippen LogP contribution in [0.4, 0.5) is 0 Å². The fraction of sp³-hybridized carbons (Fsp3) is 0.111. The number of rotatable bonds is 4. The third-order valence-electron chi connectivity index (χ3n) is 3.32. The summed E-state index contributed by atoms with van der Waals surface area (Å²) < 4.78 is 5.04. The molecule has 0 aliphatic carbocycles. The molecule has 0 amide bonds. The SMILES string of the molecule is CCOC(=O)c1ccc(-c2ccncc2)c(-c2ccncc2)n1. The monoisotopic (exact) mass is 305 g/mol. The molecule has 0 saturated heterocycles. The lowest BCUT2D eigenvalue weighted by molar-refractivity contribution is 0.0519. The van der Waals surface area contributed by atoms with E-state index in [0.717, 1.165) is 16.7 Å². The highest BCUT2D eigenvalue weighted by molar-refractivity contribution is 5.90. The van der Waals surface area contributed by atoms with Crippen LogP contribution in [0.3, 0.4) is 0 Å². The number of aromatic nitrogens is 3. The Morgan fingerprint density at radius 1 is 0.913 bits per heavy atom. The molecule has 3 aromatic rings. The first-order valence-corrected chi connectivity index (χ1v) is 7.28. The van der Waals surface area contributed by atoms with E-state index < -0.39 is 5.97 Å². The Morgan fingerprint density at radius 2 is 1.52 bits per heavy atom. The van der Waals surface area contributed by atoms with Crippen LogP contribution in [0.1, 0.15) is 17.4 Å². The van der Waals surface area contributed by atoms with Crippen molar-refractivity contribution in [2.45, 2.75) is 6.92 Å². The normalized spacial score (nSPS) is 10.3. The van der Waals surface area contributed by atoms with E-state index in [4.69, 9.17) is 4.74 Å². The van der Waals surface area contributed by atoms with Gasteiger partial charge in [0.25, 0.3) is 0 Å². The van der Waals surface area contributed by atoms with Crippen LogP contribution >= 0.6 is 0 Å². The van der Waals surface area contributed by atoms with Crippen LogP contribution in [0.5, 0.6) is 0 Å². The Balaban J connectivity index is 2.15. The third-order valence-corrected chi connectivity index (χ3v) is 3.32. The minimum Gasteiger partial charge on any atom is -0.461 e. The zero-order valence-electron chi connectivity index (χ0n) is 12.6. The summed E-state index contributed by atoms with van der Waals surface area (Å²) >= 11 is 0. The molecule has 23 heavy (non-hydrogen) atoms. The van der Waals surface area contributed by atoms with Gasteiger partial charge >= 0.3 is 5.97 Å². The van der Waals surface area contributed by atoms with E-state index in [0.29, 0.717) is 12.3 Å². The summed E-state index contributed by atoms with van der Waals surface area (Å²) in [6.07, 6.45) is 6.85. The molecule has 0 radical (unpaired) electrons. The molecular weight excluding hydrogens is 290 g/mol. The molecule has 0 atom stereocenters. The number of ether oxygens (including phenoxy) is 1. The maximum atomic E-state index is 12.0. The molecular formula is C18H15N3O2. The summed E-state index contributed by atoms with van der Waals surface area (Å²) in [6.45, 7) is 2.09. The van der Waals surface area contributed by atoms with Gasteiger partial charge in [-0.25, -0.2) is 9.78 Å². The number of carbonyl (C=O) groups excluding carboxylic acids is 1. The molecule has 5 nitrogen and oxygen atoms in total. The molecule has 0 spiro atoms. The predicted molar refractivity (Wildman–Crippen MR) is 86.7 cm³/mol. The smallest absolute Gasteiger partial charge is 0.356 e. The maximum absolute atomic E-state index is 12.0. The highest BCUT2D eigenvalue weighted by atomic mass is 16.5. The maximum Gasteiger partial charge on any atom is 0.356 e. The number of esters is 1. The molecule has 0 aromatic carbocycles. The molecule has 0 fully saturated rings. The highest BCUT2D eigenvalue weighted by Crippen LogP contribution is 2.30. The molecule has 0 unspecified atom stereocenters. The second-order valence-corrected chi connectivity index (χ2v) is 4.78. The van der Waals surface area contributed by atoms with Crippen molar-refractivity contribution >= 4 is 5.97 Å². The second-order valence-electron chi connectivity index (χ2n) is 4.78. The molecule has 3 rings (SSSR count). The van der Waals surface area contributed by atoms with Crippen molar-refractivity contribution in [1.82, 2.24) is 15.0 Å². The van der Waals surface area contributed by atoms with Gasteiger partial charge in [-0.05, 0) is 48.9 Å². The van der Waals surface area contributed by atoms with Gasteiger partial charge in [-0.2, -0.15) is 0 Å². The van der Waals surface area contributed by atoms with Crippen LogP contribution in [-0.2, 0) is 4.74 Å². The molecule has 0 aliphatic rings. The average Bonchev–Trinajstić information content (AvgIpc) is 2.63. The van der Waals surface area contributed by atoms with E-state index in [1.165, 1.54) is 0 Å². The van der Waals surface area contributed by atoms with Gasteiger partial charge in [0.15, 0.2) is 0 Å². The van der Waals surface area contributed by atoms with Gasteiger partial charge in [0.2, 0.25) is 0 Å². The molecule has 5 heteroatoms. The first-order valence-electron chi connectivity index (χ1n) is 7.28. The minimum absolute atomic E-state index is 0.288. The van der Waals surface area contributed by atoms with Crippen molar-refractivity contribution < 1.29 is 9.53 Å². The van der Waals surface area contributed by atoms with Crippen LogP contribution in [0.2, 0.25) is 0 Å². The lowest BCUT2D eigenvalue weighted by atomic mass is 10.0. The van der Waals surface area contributed by atoms with Crippen molar-refractivity contribution in [2.75, 3.05) is 6.61 Å². The lowest BCUT2D eigenvalue weighted by Crippen LogP contribution is -2.08. The summed E-state index contributed by atoms with van der Waals surface area (Å²) in [5, 5.41) is 0. The van der Waals surface area contributed by atoms with E-state index >= 15 is 0 Å². The van der Waals surface area contributed by atoms with E-state index in [2.05, 4.69) is 15.0 Å². The van der Waals surface area contributed by atoms with E-state index in [1.54, 1.807) is 37.8 Å². The molecule has 0 saturated carbocycles. The Morgan fingerprint density at radius 3 is 2.13 bits per heavy atom. The molecule has 0 bridgehead atoms. The van der Waals surface area contributed by atoms with Gasteiger partial charge in [-0.1, -0.05) is 0 Å². The minimum atomic E-state index is -0.427. The summed E-state index contributed by atoms with van der Waals surface area (Å²) in [7, 11) is 0. The second kappa shape index (κ2) is 6.79. The van der Waals surface area contributed by atoms with Gasteiger partial charge in [-0.15, -0.1) is 0 Å². The average molecular weight is 305 g/mol. The Labute approximate surface area is 134 Å². The number of hydrogen-bond acceptors (Lipinski definition) is 5. The third kappa shape index (κ3) is 3.23. The standard InChI is InChI=1S/C18H15N3O2/c1-2-23-18(22)16-4-3-15(13-5-9-19-10-6-13)17(21-16)14-7-11-20-12-8-14/h3-12H,2H2,1H3. The first-order chi connectivity index (χ1) is 11.3. The summed E-state index contributed by atoms with van der Waals surface area (Å²) in [4.78, 5) is 24.6. The van der Waals surface area contributed by atoms with Gasteiger partial charge < -0.3 is 4.74 Å². The number of carbonyl (C=O) groups is 1. The quantitative estimate of drug-likeness (QED) is 0.691. The highest BCUT2D eigenvalue weighted by Gasteiger charge is 2.14. The van der Waals surface area contributed by atoms with Crippen molar-refractivity contribution in [2.24, 2.45) is 0 Å². The predicted octanol–water partition coefficient (Wildman–Crippen LogP) is 3.38. The van der Waals surface area contributed by atoms with Crippen molar-refractivity contribution in [3.8, 4) is 22.4 Å². The Hall–Kier alpha value is -3.08. The fourth-order valence-electron chi connectivity index (χ4n) is 2.27. The van der Waals surface area contributed by atoms with Crippen LogP contribution in [0.25, 0.3) is 22.4 Å². The summed E-state index contributed by atoms with van der Waals surface area (Å²) in [5.41, 5.74) is 3.79. The largest absolute Gasteiger partial charge is 0.461 e. The zero-order valence-corrected chi connectivity index (χ0v) is 12.6. The number of pyridine rings is 3. The van der Waals surface area contributed by atoms with Gasteiger partial charge in [0.05, 0.1) is 12.3 Å².